The van der Waals surface area contributed by atoms with Crippen LogP contribution in [-0.4, -0.2) is 53.7 Å². The lowest BCUT2D eigenvalue weighted by molar-refractivity contribution is -0.139. The van der Waals surface area contributed by atoms with Crippen LogP contribution in [0.25, 0.3) is 10.8 Å². The summed E-state index contributed by atoms with van der Waals surface area (Å²) in [5.74, 6) is -1.42. The number of carbonyl (C=O) groups is 4. The van der Waals surface area contributed by atoms with E-state index in [-0.39, 0.29) is 12.5 Å². The number of nitrogens with one attached hydrogen (secondary N) is 2. The van der Waals surface area contributed by atoms with E-state index in [9.17, 15) is 19.2 Å². The highest BCUT2D eigenvalue weighted by molar-refractivity contribution is 6.09. The molecule has 0 spiro atoms. The Bertz CT molecular complexity index is 1240. The maximum atomic E-state index is 13.0. The van der Waals surface area contributed by atoms with Crippen LogP contribution in [0.2, 0.25) is 0 Å². The van der Waals surface area contributed by atoms with Crippen LogP contribution >= 0.6 is 0 Å². The van der Waals surface area contributed by atoms with Gasteiger partial charge >= 0.3 is 6.03 Å². The lowest BCUT2D eigenvalue weighted by Crippen LogP contribution is -2.45. The summed E-state index contributed by atoms with van der Waals surface area (Å²) in [6.45, 7) is 0.932. The summed E-state index contributed by atoms with van der Waals surface area (Å²) >= 11 is 0. The summed E-state index contributed by atoms with van der Waals surface area (Å²) in [6.07, 6.45) is 0. The van der Waals surface area contributed by atoms with Gasteiger partial charge in [0, 0.05) is 18.1 Å². The summed E-state index contributed by atoms with van der Waals surface area (Å²) in [4.78, 5) is 52.8. The maximum Gasteiger partial charge on any atom is 0.325 e. The standard InChI is InChI=1S/C25H24N4O4/c1-25(18-11-4-3-5-12-18)23(32)29(24(33)27-25)16-22(31)28(2)15-21(30)26-20-14-8-10-17-9-6-7-13-19(17)20/h3-14H,15-16H2,1-2H3,(H,26,30)(H,27,33). The normalized spacial score (nSPS) is 17.7. The van der Waals surface area contributed by atoms with Gasteiger partial charge in [-0.1, -0.05) is 66.7 Å². The summed E-state index contributed by atoms with van der Waals surface area (Å²) in [5, 5.41) is 7.37. The zero-order chi connectivity index (χ0) is 23.6. The second kappa shape index (κ2) is 8.74. The molecule has 1 aliphatic rings. The number of anilines is 1. The van der Waals surface area contributed by atoms with E-state index in [4.69, 9.17) is 0 Å². The molecule has 8 heteroatoms. The van der Waals surface area contributed by atoms with Gasteiger partial charge in [-0.25, -0.2) is 4.79 Å². The molecule has 1 heterocycles. The second-order valence-electron chi connectivity index (χ2n) is 8.14. The molecular weight excluding hydrogens is 420 g/mol. The average molecular weight is 444 g/mol. The molecule has 33 heavy (non-hydrogen) atoms. The lowest BCUT2D eigenvalue weighted by atomic mass is 9.92. The SMILES string of the molecule is CN(CC(=O)Nc1cccc2ccccc12)C(=O)CN1C(=O)NC(C)(c2ccccc2)C1=O. The van der Waals surface area contributed by atoms with Crippen molar-refractivity contribution >= 4 is 40.2 Å². The third-order valence-electron chi connectivity index (χ3n) is 5.79. The predicted octanol–water partition coefficient (Wildman–Crippen LogP) is 2.70. The van der Waals surface area contributed by atoms with Crippen molar-refractivity contribution in [2.75, 3.05) is 25.5 Å². The third kappa shape index (κ3) is 4.27. The van der Waals surface area contributed by atoms with E-state index in [1.807, 2.05) is 42.5 Å². The Balaban J connectivity index is 1.40. The van der Waals surface area contributed by atoms with Crippen molar-refractivity contribution in [1.29, 1.82) is 0 Å². The molecule has 1 fully saturated rings. The molecule has 1 aliphatic heterocycles. The van der Waals surface area contributed by atoms with E-state index in [2.05, 4.69) is 10.6 Å². The van der Waals surface area contributed by atoms with Gasteiger partial charge in [-0.3, -0.25) is 19.3 Å². The zero-order valence-corrected chi connectivity index (χ0v) is 18.4. The van der Waals surface area contributed by atoms with Gasteiger partial charge in [-0.2, -0.15) is 0 Å². The number of hydrogen-bond acceptors (Lipinski definition) is 4. The first-order valence-corrected chi connectivity index (χ1v) is 10.5. The van der Waals surface area contributed by atoms with Gasteiger partial charge in [-0.05, 0) is 23.9 Å². The minimum absolute atomic E-state index is 0.221. The van der Waals surface area contributed by atoms with Gasteiger partial charge in [0.2, 0.25) is 11.8 Å². The highest BCUT2D eigenvalue weighted by atomic mass is 16.2. The van der Waals surface area contributed by atoms with Crippen molar-refractivity contribution in [3.8, 4) is 0 Å². The molecule has 2 N–H and O–H groups in total. The highest BCUT2D eigenvalue weighted by Crippen LogP contribution is 2.28. The maximum absolute atomic E-state index is 13.0. The summed E-state index contributed by atoms with van der Waals surface area (Å²) < 4.78 is 0. The first kappa shape index (κ1) is 22.0. The molecule has 3 aromatic carbocycles. The molecule has 4 rings (SSSR count). The molecular formula is C25H24N4O4. The van der Waals surface area contributed by atoms with Crippen LogP contribution in [0, 0.1) is 0 Å². The minimum atomic E-state index is -1.25. The quantitative estimate of drug-likeness (QED) is 0.571. The van der Waals surface area contributed by atoms with E-state index in [0.29, 0.717) is 11.3 Å². The Labute approximate surface area is 191 Å². The van der Waals surface area contributed by atoms with Gasteiger partial charge in [0.1, 0.15) is 12.1 Å². The number of rotatable bonds is 6. The highest BCUT2D eigenvalue weighted by Gasteiger charge is 2.49. The number of carbonyl (C=O) groups excluding carboxylic acids is 4. The summed E-state index contributed by atoms with van der Waals surface area (Å²) in [5.41, 5.74) is 0.0240. The predicted molar refractivity (Wildman–Crippen MR) is 124 cm³/mol. The van der Waals surface area contributed by atoms with E-state index >= 15 is 0 Å². The Morgan fingerprint density at radius 2 is 1.64 bits per heavy atom. The number of amides is 5. The van der Waals surface area contributed by atoms with E-state index in [1.165, 1.54) is 11.9 Å². The van der Waals surface area contributed by atoms with Crippen LogP contribution in [0.4, 0.5) is 10.5 Å². The fraction of sp³-hybridized carbons (Fsp3) is 0.200. The van der Waals surface area contributed by atoms with E-state index in [0.717, 1.165) is 15.7 Å². The van der Waals surface area contributed by atoms with Gasteiger partial charge < -0.3 is 15.5 Å². The van der Waals surface area contributed by atoms with Crippen molar-refractivity contribution in [3.63, 3.8) is 0 Å². The van der Waals surface area contributed by atoms with Gasteiger partial charge in [0.05, 0.1) is 6.54 Å². The van der Waals surface area contributed by atoms with Crippen molar-refractivity contribution in [1.82, 2.24) is 15.1 Å². The molecule has 0 bridgehead atoms. The van der Waals surface area contributed by atoms with Gasteiger partial charge in [0.15, 0.2) is 0 Å². The first-order valence-electron chi connectivity index (χ1n) is 10.5. The van der Waals surface area contributed by atoms with Crippen LogP contribution in [0.15, 0.2) is 72.8 Å². The minimum Gasteiger partial charge on any atom is -0.335 e. The summed E-state index contributed by atoms with van der Waals surface area (Å²) in [6, 6.07) is 21.4. The molecule has 0 saturated carbocycles. The first-order chi connectivity index (χ1) is 15.8. The number of hydrogen-bond donors (Lipinski definition) is 2. The molecule has 1 saturated heterocycles. The molecule has 168 valence electrons. The monoisotopic (exact) mass is 444 g/mol. The smallest absolute Gasteiger partial charge is 0.325 e. The Kier molecular flexibility index (Phi) is 5.83. The van der Waals surface area contributed by atoms with Crippen LogP contribution < -0.4 is 10.6 Å². The second-order valence-corrected chi connectivity index (χ2v) is 8.14. The molecule has 3 aromatic rings. The van der Waals surface area contributed by atoms with E-state index < -0.39 is 29.9 Å². The topological polar surface area (TPSA) is 98.8 Å². The molecule has 5 amide bonds. The van der Waals surface area contributed by atoms with Crippen LogP contribution in [0.5, 0.6) is 0 Å². The van der Waals surface area contributed by atoms with Crippen molar-refractivity contribution in [2.45, 2.75) is 12.5 Å². The number of nitrogens with zero attached hydrogens (tertiary/aromatic N) is 2. The number of imide groups is 1. The average Bonchev–Trinajstić information content (AvgIpc) is 3.03. The molecule has 0 radical (unpaired) electrons. The largest absolute Gasteiger partial charge is 0.335 e. The molecule has 0 aliphatic carbocycles. The van der Waals surface area contributed by atoms with Crippen LogP contribution in [-0.2, 0) is 19.9 Å². The number of benzene rings is 3. The van der Waals surface area contributed by atoms with E-state index in [1.54, 1.807) is 37.3 Å². The van der Waals surface area contributed by atoms with Crippen molar-refractivity contribution in [3.05, 3.63) is 78.4 Å². The van der Waals surface area contributed by atoms with Crippen LogP contribution in [0.3, 0.4) is 0 Å². The third-order valence-corrected chi connectivity index (χ3v) is 5.79. The Morgan fingerprint density at radius 1 is 0.970 bits per heavy atom. The van der Waals surface area contributed by atoms with Crippen molar-refractivity contribution < 1.29 is 19.2 Å². The Hall–Kier alpha value is -4.20. The van der Waals surface area contributed by atoms with Gasteiger partial charge in [0.25, 0.3) is 5.91 Å². The van der Waals surface area contributed by atoms with Gasteiger partial charge in [-0.15, -0.1) is 0 Å². The molecule has 1 unspecified atom stereocenters. The number of urea groups is 1. The molecule has 1 atom stereocenters. The lowest BCUT2D eigenvalue weighted by Gasteiger charge is -2.23. The number of likely N-dealkylation sites (N-methyl/N-ethyl adjacent to an activating group) is 1. The molecule has 8 nitrogen and oxygen atoms in total. The number of fused-ring (bicyclic) bond motifs is 1. The fourth-order valence-electron chi connectivity index (χ4n) is 3.89. The fourth-order valence-corrected chi connectivity index (χ4v) is 3.89. The Morgan fingerprint density at radius 3 is 2.39 bits per heavy atom. The summed E-state index contributed by atoms with van der Waals surface area (Å²) in [7, 11) is 1.46. The van der Waals surface area contributed by atoms with Crippen LogP contribution in [0.1, 0.15) is 12.5 Å². The van der Waals surface area contributed by atoms with Crippen molar-refractivity contribution in [2.24, 2.45) is 0 Å². The molecule has 0 aromatic heterocycles. The zero-order valence-electron chi connectivity index (χ0n) is 18.4.